The van der Waals surface area contributed by atoms with Crippen molar-refractivity contribution in [3.63, 3.8) is 0 Å². The third kappa shape index (κ3) is 5.01. The van der Waals surface area contributed by atoms with E-state index in [2.05, 4.69) is 27.4 Å². The highest BCUT2D eigenvalue weighted by Crippen LogP contribution is 2.33. The van der Waals surface area contributed by atoms with Gasteiger partial charge in [-0.15, -0.1) is 0 Å². The second kappa shape index (κ2) is 9.63. The predicted molar refractivity (Wildman–Crippen MR) is 129 cm³/mol. The van der Waals surface area contributed by atoms with Gasteiger partial charge in [-0.25, -0.2) is 4.98 Å². The Morgan fingerprint density at radius 1 is 1.09 bits per heavy atom. The van der Waals surface area contributed by atoms with Crippen molar-refractivity contribution >= 4 is 34.4 Å². The molecule has 0 radical (unpaired) electrons. The zero-order valence-electron chi connectivity index (χ0n) is 18.1. The summed E-state index contributed by atoms with van der Waals surface area (Å²) < 4.78 is 11.4. The first-order valence-electron chi connectivity index (χ1n) is 11.2. The first-order valence-corrected chi connectivity index (χ1v) is 11.6. The van der Waals surface area contributed by atoms with Gasteiger partial charge in [0.05, 0.1) is 10.7 Å². The van der Waals surface area contributed by atoms with Crippen molar-refractivity contribution in [1.29, 1.82) is 0 Å². The van der Waals surface area contributed by atoms with Crippen LogP contribution in [0.4, 0.5) is 5.69 Å². The van der Waals surface area contributed by atoms with Crippen LogP contribution in [0.3, 0.4) is 0 Å². The average molecular weight is 462 g/mol. The molecule has 1 N–H and O–H groups in total. The van der Waals surface area contributed by atoms with Crippen LogP contribution >= 0.6 is 11.6 Å². The highest BCUT2D eigenvalue weighted by atomic mass is 35.5. The maximum absolute atomic E-state index is 12.5. The van der Waals surface area contributed by atoms with Crippen molar-refractivity contribution in [3.8, 4) is 17.2 Å². The minimum absolute atomic E-state index is 0.115. The zero-order valence-corrected chi connectivity index (χ0v) is 18.8. The van der Waals surface area contributed by atoms with Gasteiger partial charge in [0.25, 0.3) is 5.91 Å². The lowest BCUT2D eigenvalue weighted by molar-refractivity contribution is -0.118. The number of fused-ring (bicyclic) bond motifs is 1. The van der Waals surface area contributed by atoms with E-state index in [1.54, 1.807) is 36.5 Å². The Hall–Kier alpha value is -3.38. The van der Waals surface area contributed by atoms with E-state index >= 15 is 0 Å². The van der Waals surface area contributed by atoms with Crippen molar-refractivity contribution in [3.05, 3.63) is 71.4 Å². The summed E-state index contributed by atoms with van der Waals surface area (Å²) in [5, 5.41) is 3.22. The van der Waals surface area contributed by atoms with E-state index in [0.717, 1.165) is 0 Å². The summed E-state index contributed by atoms with van der Waals surface area (Å²) in [6.45, 7) is -0.115. The maximum Gasteiger partial charge on any atom is 0.262 e. The topological polar surface area (TPSA) is 77.2 Å². The van der Waals surface area contributed by atoms with Crippen molar-refractivity contribution in [1.82, 2.24) is 9.97 Å². The number of ether oxygens (including phenoxy) is 1. The van der Waals surface area contributed by atoms with Gasteiger partial charge < -0.3 is 14.5 Å². The number of hydrogen-bond acceptors (Lipinski definition) is 5. The van der Waals surface area contributed by atoms with Gasteiger partial charge in [0.1, 0.15) is 5.75 Å². The summed E-state index contributed by atoms with van der Waals surface area (Å²) in [7, 11) is 0. The van der Waals surface area contributed by atoms with E-state index in [1.165, 1.54) is 37.7 Å². The van der Waals surface area contributed by atoms with Gasteiger partial charge >= 0.3 is 0 Å². The van der Waals surface area contributed by atoms with Gasteiger partial charge in [-0.2, -0.15) is 4.98 Å². The quantitative estimate of drug-likeness (QED) is 0.349. The molecular formula is C26H24ClN3O3. The molecule has 5 rings (SSSR count). The van der Waals surface area contributed by atoms with Gasteiger partial charge in [-0.1, -0.05) is 43.0 Å². The number of halogens is 1. The number of nitrogens with zero attached hydrogens (tertiary/aromatic N) is 2. The first-order chi connectivity index (χ1) is 16.2. The summed E-state index contributed by atoms with van der Waals surface area (Å²) in [4.78, 5) is 21.1. The zero-order chi connectivity index (χ0) is 22.6. The largest absolute Gasteiger partial charge is 0.484 e. The smallest absolute Gasteiger partial charge is 0.262 e. The van der Waals surface area contributed by atoms with Crippen molar-refractivity contribution in [2.75, 3.05) is 11.9 Å². The van der Waals surface area contributed by atoms with E-state index in [4.69, 9.17) is 20.8 Å². The Morgan fingerprint density at radius 2 is 1.91 bits per heavy atom. The SMILES string of the molecule is O=C(COc1ccc(C2CCCCC2)cc1)Nc1cc(-c2nc3ncccc3o2)ccc1Cl. The fourth-order valence-corrected chi connectivity index (χ4v) is 4.42. The van der Waals surface area contributed by atoms with E-state index in [1.807, 2.05) is 12.1 Å². The summed E-state index contributed by atoms with van der Waals surface area (Å²) >= 11 is 6.30. The molecule has 0 spiro atoms. The van der Waals surface area contributed by atoms with E-state index < -0.39 is 0 Å². The van der Waals surface area contributed by atoms with Gasteiger partial charge in [0.15, 0.2) is 17.8 Å². The number of aromatic nitrogens is 2. The third-order valence-corrected chi connectivity index (χ3v) is 6.31. The molecule has 2 aromatic carbocycles. The van der Waals surface area contributed by atoms with Crippen molar-refractivity contribution < 1.29 is 13.9 Å². The number of pyridine rings is 1. The van der Waals surface area contributed by atoms with Crippen LogP contribution in [0.5, 0.6) is 5.75 Å². The summed E-state index contributed by atoms with van der Waals surface area (Å²) in [5.41, 5.74) is 3.62. The standard InChI is InChI=1S/C26H24ClN3O3/c27-21-13-10-19(26-30-25-23(33-26)7-4-14-28-25)15-22(21)29-24(31)16-32-20-11-8-18(9-12-20)17-5-2-1-3-6-17/h4,7-15,17H,1-3,5-6,16H2,(H,29,31). The normalized spacial score (nSPS) is 14.3. The van der Waals surface area contributed by atoms with Crippen LogP contribution in [0.2, 0.25) is 5.02 Å². The molecule has 1 aliphatic carbocycles. The highest BCUT2D eigenvalue weighted by molar-refractivity contribution is 6.33. The lowest BCUT2D eigenvalue weighted by Gasteiger charge is -2.22. The molecular weight excluding hydrogens is 438 g/mol. The Kier molecular flexibility index (Phi) is 6.26. The predicted octanol–water partition coefficient (Wildman–Crippen LogP) is 6.61. The molecule has 0 unspecified atom stereocenters. The Morgan fingerprint density at radius 3 is 2.70 bits per heavy atom. The summed E-state index contributed by atoms with van der Waals surface area (Å²) in [6.07, 6.45) is 8.11. The molecule has 0 saturated heterocycles. The molecule has 1 fully saturated rings. The lowest BCUT2D eigenvalue weighted by Crippen LogP contribution is -2.20. The minimum atomic E-state index is -0.301. The van der Waals surface area contributed by atoms with Crippen LogP contribution in [0, 0.1) is 0 Å². The number of benzene rings is 2. The molecule has 1 saturated carbocycles. The lowest BCUT2D eigenvalue weighted by atomic mass is 9.84. The van der Waals surface area contributed by atoms with E-state index in [9.17, 15) is 4.79 Å². The van der Waals surface area contributed by atoms with Crippen LogP contribution in [-0.4, -0.2) is 22.5 Å². The van der Waals surface area contributed by atoms with Crippen LogP contribution in [0.15, 0.2) is 65.2 Å². The number of oxazole rings is 1. The Balaban J connectivity index is 1.22. The number of amides is 1. The van der Waals surface area contributed by atoms with Crippen molar-refractivity contribution in [2.45, 2.75) is 38.0 Å². The summed E-state index contributed by atoms with van der Waals surface area (Å²) in [5.74, 6) is 1.42. The van der Waals surface area contributed by atoms with Crippen LogP contribution in [-0.2, 0) is 4.79 Å². The van der Waals surface area contributed by atoms with Crippen molar-refractivity contribution in [2.24, 2.45) is 0 Å². The molecule has 4 aromatic rings. The second-order valence-electron chi connectivity index (χ2n) is 8.28. The number of anilines is 1. The monoisotopic (exact) mass is 461 g/mol. The van der Waals surface area contributed by atoms with Gasteiger partial charge in [0, 0.05) is 11.8 Å². The molecule has 2 aromatic heterocycles. The first kappa shape index (κ1) is 21.5. The van der Waals surface area contributed by atoms with Crippen LogP contribution in [0.1, 0.15) is 43.6 Å². The number of rotatable bonds is 6. The minimum Gasteiger partial charge on any atom is -0.484 e. The molecule has 0 atom stereocenters. The molecule has 6 nitrogen and oxygen atoms in total. The Labute approximate surface area is 197 Å². The molecule has 1 amide bonds. The third-order valence-electron chi connectivity index (χ3n) is 5.98. The molecule has 0 aliphatic heterocycles. The number of hydrogen-bond donors (Lipinski definition) is 1. The second-order valence-corrected chi connectivity index (χ2v) is 8.69. The summed E-state index contributed by atoms with van der Waals surface area (Å²) in [6, 6.07) is 16.9. The van der Waals surface area contributed by atoms with Gasteiger partial charge in [-0.05, 0) is 66.8 Å². The molecule has 0 bridgehead atoms. The van der Waals surface area contributed by atoms with Crippen LogP contribution < -0.4 is 10.1 Å². The molecule has 1 aliphatic rings. The number of nitrogens with one attached hydrogen (secondary N) is 1. The van der Waals surface area contributed by atoms with Crippen LogP contribution in [0.25, 0.3) is 22.7 Å². The number of carbonyl (C=O) groups excluding carboxylic acids is 1. The van der Waals surface area contributed by atoms with Gasteiger partial charge in [0.2, 0.25) is 5.89 Å². The molecule has 7 heteroatoms. The fraction of sp³-hybridized carbons (Fsp3) is 0.269. The van der Waals surface area contributed by atoms with Gasteiger partial charge in [-0.3, -0.25) is 4.79 Å². The van der Waals surface area contributed by atoms with E-state index in [0.29, 0.717) is 45.1 Å². The molecule has 2 heterocycles. The molecule has 33 heavy (non-hydrogen) atoms. The fourth-order valence-electron chi connectivity index (χ4n) is 4.25. The maximum atomic E-state index is 12.5. The average Bonchev–Trinajstić information content (AvgIpc) is 3.29. The highest BCUT2D eigenvalue weighted by Gasteiger charge is 2.16. The number of carbonyl (C=O) groups is 1. The Bertz CT molecular complexity index is 1230. The van der Waals surface area contributed by atoms with E-state index in [-0.39, 0.29) is 12.5 Å². The molecule has 168 valence electrons.